The molecule has 0 aromatic carbocycles. The van der Waals surface area contributed by atoms with Crippen LogP contribution in [0.2, 0.25) is 0 Å². The van der Waals surface area contributed by atoms with Crippen LogP contribution in [0.5, 0.6) is 0 Å². The number of unbranched alkanes of at least 4 members (excludes halogenated alkanes) is 35. The standard InChI is InChI=1S/C81H144O17P2/c1-5-9-13-17-21-25-29-33-35-36-37-38-40-44-46-50-54-58-62-66-79(84)92-72-77(98-81(86)68-64-60-56-52-48-42-32-28-24-20-16-12-8-4)74-96-100(89,90)94-70-75(82)69-93-99(87,88)95-73-76(97-80(85)67-63-59-55-51-47-41-31-27-23-19-15-11-7-3)71-91-78(83)65-61-57-53-49-45-43-39-34-30-26-22-18-14-10-6-2/h9,13,21,25,33-35,37-39,44,46,54,58,75-77,82H,5-8,10-12,14-20,22-24,26-32,36,40-43,45,47-53,55-57,59-74H2,1-4H3,(H,87,88)(H,89,90)/b13-9-,25-21-,35-33-,38-37-,39-34-,46-44-,58-54-. The van der Waals surface area contributed by atoms with Crippen molar-refractivity contribution in [2.24, 2.45) is 0 Å². The predicted molar refractivity (Wildman–Crippen MR) is 409 cm³/mol. The number of allylic oxidation sites excluding steroid dienone is 14. The first kappa shape index (κ1) is 96.2. The van der Waals surface area contributed by atoms with E-state index in [1.807, 2.05) is 18.2 Å². The summed E-state index contributed by atoms with van der Waals surface area (Å²) in [7, 11) is -9.96. The zero-order valence-electron chi connectivity index (χ0n) is 63.4. The van der Waals surface area contributed by atoms with Crippen LogP contribution in [0.1, 0.15) is 349 Å². The minimum atomic E-state index is -4.99. The van der Waals surface area contributed by atoms with Crippen molar-refractivity contribution >= 4 is 39.5 Å². The third kappa shape index (κ3) is 72.6. The molecule has 0 rings (SSSR count). The van der Waals surface area contributed by atoms with E-state index in [4.69, 9.17) is 37.0 Å². The average molecular weight is 1450 g/mol. The van der Waals surface area contributed by atoms with Gasteiger partial charge in [0.2, 0.25) is 0 Å². The van der Waals surface area contributed by atoms with Gasteiger partial charge in [0.25, 0.3) is 0 Å². The molecule has 5 atom stereocenters. The van der Waals surface area contributed by atoms with Gasteiger partial charge in [0.1, 0.15) is 19.3 Å². The molecule has 0 aromatic heterocycles. The zero-order valence-corrected chi connectivity index (χ0v) is 65.2. The van der Waals surface area contributed by atoms with Gasteiger partial charge in [-0.3, -0.25) is 37.3 Å². The fourth-order valence-corrected chi connectivity index (χ4v) is 12.4. The summed E-state index contributed by atoms with van der Waals surface area (Å²) >= 11 is 0. The van der Waals surface area contributed by atoms with E-state index in [0.29, 0.717) is 32.1 Å². The van der Waals surface area contributed by atoms with Crippen LogP contribution in [0.25, 0.3) is 0 Å². The summed E-state index contributed by atoms with van der Waals surface area (Å²) in [5.74, 6) is -2.25. The van der Waals surface area contributed by atoms with E-state index in [0.717, 1.165) is 122 Å². The molecule has 0 aliphatic heterocycles. The molecule has 19 heteroatoms. The van der Waals surface area contributed by atoms with E-state index in [9.17, 15) is 43.2 Å². The second-order valence-electron chi connectivity index (χ2n) is 26.6. The van der Waals surface area contributed by atoms with Gasteiger partial charge in [0.15, 0.2) is 12.2 Å². The van der Waals surface area contributed by atoms with Crippen molar-refractivity contribution in [2.75, 3.05) is 39.6 Å². The van der Waals surface area contributed by atoms with Gasteiger partial charge in [0.05, 0.1) is 26.4 Å². The van der Waals surface area contributed by atoms with Crippen LogP contribution in [-0.4, -0.2) is 96.7 Å². The van der Waals surface area contributed by atoms with Crippen LogP contribution in [0.4, 0.5) is 0 Å². The molecule has 580 valence electrons. The van der Waals surface area contributed by atoms with Crippen molar-refractivity contribution in [2.45, 2.75) is 367 Å². The fraction of sp³-hybridized carbons (Fsp3) is 0.778. The molecule has 100 heavy (non-hydrogen) atoms. The Bertz CT molecular complexity index is 2230. The van der Waals surface area contributed by atoms with E-state index < -0.39 is 97.5 Å². The second kappa shape index (κ2) is 73.5. The van der Waals surface area contributed by atoms with Crippen molar-refractivity contribution in [1.82, 2.24) is 0 Å². The van der Waals surface area contributed by atoms with E-state index in [2.05, 4.69) is 94.5 Å². The SMILES string of the molecule is CC/C=C\C/C=C\C/C=C\C/C=C\C/C=C\C/C=C\CCC(=O)OCC(COP(=O)(O)OCC(O)COP(=O)(O)OCC(COC(=O)CCCCCCC/C=C\CCCCCCCC)OC(=O)CCCCCCCCCCCCCCC)OC(=O)CCCCCCCCCCCCCCC. The molecule has 5 unspecified atom stereocenters. The number of phosphoric ester groups is 2. The predicted octanol–water partition coefficient (Wildman–Crippen LogP) is 23.0. The summed E-state index contributed by atoms with van der Waals surface area (Å²) in [5.41, 5.74) is 0. The van der Waals surface area contributed by atoms with Crippen molar-refractivity contribution in [1.29, 1.82) is 0 Å². The highest BCUT2D eigenvalue weighted by Gasteiger charge is 2.30. The number of ether oxygens (including phenoxy) is 4. The van der Waals surface area contributed by atoms with Crippen LogP contribution >= 0.6 is 15.6 Å². The molecule has 0 saturated heterocycles. The summed E-state index contributed by atoms with van der Waals surface area (Å²) in [6.07, 6.45) is 75.8. The van der Waals surface area contributed by atoms with E-state index in [-0.39, 0.29) is 25.7 Å². The molecule has 0 aromatic rings. The van der Waals surface area contributed by atoms with Crippen LogP contribution in [-0.2, 0) is 65.4 Å². The Kier molecular flexibility index (Phi) is 70.8. The Morgan fingerprint density at radius 2 is 0.540 bits per heavy atom. The van der Waals surface area contributed by atoms with Crippen molar-refractivity contribution in [3.8, 4) is 0 Å². The smallest absolute Gasteiger partial charge is 0.462 e. The number of rotatable bonds is 75. The van der Waals surface area contributed by atoms with Crippen molar-refractivity contribution < 1.29 is 80.2 Å². The van der Waals surface area contributed by atoms with Gasteiger partial charge < -0.3 is 33.8 Å². The Hall–Kier alpha value is -3.76. The minimum Gasteiger partial charge on any atom is -0.462 e. The lowest BCUT2D eigenvalue weighted by atomic mass is 10.0. The lowest BCUT2D eigenvalue weighted by Gasteiger charge is -2.21. The van der Waals surface area contributed by atoms with Crippen molar-refractivity contribution in [3.05, 3.63) is 85.1 Å². The third-order valence-corrected chi connectivity index (χ3v) is 18.8. The van der Waals surface area contributed by atoms with Gasteiger partial charge in [-0.15, -0.1) is 0 Å². The maximum atomic E-state index is 13.1. The summed E-state index contributed by atoms with van der Waals surface area (Å²) in [6.45, 7) is 4.71. The first-order valence-electron chi connectivity index (χ1n) is 39.8. The Labute approximate surface area is 608 Å². The number of aliphatic hydroxyl groups is 1. The summed E-state index contributed by atoms with van der Waals surface area (Å²) < 4.78 is 68.5. The molecule has 0 spiro atoms. The second-order valence-corrected chi connectivity index (χ2v) is 29.5. The van der Waals surface area contributed by atoms with E-state index >= 15 is 0 Å². The minimum absolute atomic E-state index is 0.0391. The highest BCUT2D eigenvalue weighted by molar-refractivity contribution is 7.47. The number of aliphatic hydroxyl groups excluding tert-OH is 1. The largest absolute Gasteiger partial charge is 0.472 e. The maximum absolute atomic E-state index is 13.1. The number of phosphoric acid groups is 2. The van der Waals surface area contributed by atoms with Gasteiger partial charge in [-0.05, 0) is 89.9 Å². The molecular weight excluding hydrogens is 1310 g/mol. The summed E-state index contributed by atoms with van der Waals surface area (Å²) in [4.78, 5) is 72.9. The van der Waals surface area contributed by atoms with Gasteiger partial charge in [0, 0.05) is 25.7 Å². The Morgan fingerprint density at radius 3 is 0.860 bits per heavy atom. The number of hydrogen-bond acceptors (Lipinski definition) is 15. The highest BCUT2D eigenvalue weighted by atomic mass is 31.2. The summed E-state index contributed by atoms with van der Waals surface area (Å²) in [6, 6.07) is 0. The lowest BCUT2D eigenvalue weighted by molar-refractivity contribution is -0.161. The Morgan fingerprint density at radius 1 is 0.290 bits per heavy atom. The number of carbonyl (C=O) groups excluding carboxylic acids is 4. The molecular formula is C81H144O17P2. The van der Waals surface area contributed by atoms with Gasteiger partial charge in [-0.25, -0.2) is 9.13 Å². The maximum Gasteiger partial charge on any atom is 0.472 e. The average Bonchev–Trinajstić information content (AvgIpc) is 0.935. The van der Waals surface area contributed by atoms with Crippen LogP contribution in [0.15, 0.2) is 85.1 Å². The molecule has 0 bridgehead atoms. The molecule has 0 saturated carbocycles. The quantitative estimate of drug-likeness (QED) is 0.0169. The fourth-order valence-electron chi connectivity index (χ4n) is 10.8. The number of hydrogen-bond donors (Lipinski definition) is 3. The summed E-state index contributed by atoms with van der Waals surface area (Å²) in [5, 5.41) is 10.6. The topological polar surface area (TPSA) is 237 Å². The number of carbonyl (C=O) groups is 4. The van der Waals surface area contributed by atoms with Gasteiger partial charge in [-0.1, -0.05) is 318 Å². The zero-order chi connectivity index (χ0) is 73.2. The first-order chi connectivity index (χ1) is 48.7. The van der Waals surface area contributed by atoms with Crippen molar-refractivity contribution in [3.63, 3.8) is 0 Å². The normalized spacial score (nSPS) is 14.3. The molecule has 0 amide bonds. The highest BCUT2D eigenvalue weighted by Crippen LogP contribution is 2.45. The van der Waals surface area contributed by atoms with Crippen LogP contribution < -0.4 is 0 Å². The molecule has 0 radical (unpaired) electrons. The first-order valence-corrected chi connectivity index (χ1v) is 42.8. The van der Waals surface area contributed by atoms with Crippen LogP contribution in [0.3, 0.4) is 0 Å². The van der Waals surface area contributed by atoms with E-state index in [1.54, 1.807) is 0 Å². The lowest BCUT2D eigenvalue weighted by Crippen LogP contribution is -2.30. The monoisotopic (exact) mass is 1450 g/mol. The molecule has 0 aliphatic rings. The third-order valence-electron chi connectivity index (χ3n) is 16.9. The van der Waals surface area contributed by atoms with Gasteiger partial charge >= 0.3 is 39.5 Å². The van der Waals surface area contributed by atoms with E-state index in [1.165, 1.54) is 141 Å². The molecule has 3 N–H and O–H groups in total. The molecule has 0 heterocycles. The molecule has 0 fully saturated rings. The number of esters is 4. The van der Waals surface area contributed by atoms with Crippen LogP contribution in [0, 0.1) is 0 Å². The van der Waals surface area contributed by atoms with Gasteiger partial charge in [-0.2, -0.15) is 0 Å². The molecule has 0 aliphatic carbocycles. The Balaban J connectivity index is 5.37. The molecule has 17 nitrogen and oxygen atoms in total.